The first-order valence-corrected chi connectivity index (χ1v) is 5.24. The van der Waals surface area contributed by atoms with Crippen molar-refractivity contribution in [3.8, 4) is 0 Å². The third kappa shape index (κ3) is 2.03. The summed E-state index contributed by atoms with van der Waals surface area (Å²) in [5.41, 5.74) is 1.26. The first-order chi connectivity index (χ1) is 5.69. The molecule has 0 bridgehead atoms. The number of rotatable bonds is 2. The van der Waals surface area contributed by atoms with E-state index in [4.69, 9.17) is 0 Å². The maximum Gasteiger partial charge on any atom is 0.151 e. The van der Waals surface area contributed by atoms with Gasteiger partial charge in [0.2, 0.25) is 0 Å². The topological polar surface area (TPSA) is 34.1 Å². The lowest BCUT2D eigenvalue weighted by Gasteiger charge is -1.99. The van der Waals surface area contributed by atoms with E-state index in [2.05, 4.69) is 0 Å². The van der Waals surface area contributed by atoms with Crippen LogP contribution in [0.5, 0.6) is 0 Å². The van der Waals surface area contributed by atoms with Gasteiger partial charge in [0.15, 0.2) is 12.6 Å². The molecule has 0 radical (unpaired) electrons. The first-order valence-electron chi connectivity index (χ1n) is 3.08. The van der Waals surface area contributed by atoms with Crippen molar-refractivity contribution >= 4 is 57.8 Å². The molecule has 0 N–H and O–H groups in total. The van der Waals surface area contributed by atoms with Crippen LogP contribution in [-0.4, -0.2) is 12.6 Å². The Bertz CT molecular complexity index is 300. The van der Waals surface area contributed by atoms with Crippen molar-refractivity contribution in [1.82, 2.24) is 0 Å². The number of carbonyl (C=O) groups is 2. The zero-order valence-corrected chi connectivity index (χ0v) is 10.2. The molecule has 0 spiro atoms. The second-order valence-electron chi connectivity index (χ2n) is 2.13. The van der Waals surface area contributed by atoms with Gasteiger partial charge in [-0.1, -0.05) is 0 Å². The molecular weight excluding hydrogens is 382 g/mol. The Morgan fingerprint density at radius 2 is 1.25 bits per heavy atom. The van der Waals surface area contributed by atoms with Gasteiger partial charge in [-0.15, -0.1) is 0 Å². The molecule has 2 nitrogen and oxygen atoms in total. The smallest absolute Gasteiger partial charge is 0.151 e. The number of hydrogen-bond donors (Lipinski definition) is 0. The molecule has 0 fully saturated rings. The Balaban J connectivity index is 3.34. The van der Waals surface area contributed by atoms with Crippen LogP contribution in [0.1, 0.15) is 20.7 Å². The van der Waals surface area contributed by atoms with Crippen molar-refractivity contribution in [2.45, 2.75) is 0 Å². The van der Waals surface area contributed by atoms with E-state index in [0.717, 1.165) is 19.7 Å². The van der Waals surface area contributed by atoms with Crippen molar-refractivity contribution in [3.63, 3.8) is 0 Å². The third-order valence-electron chi connectivity index (χ3n) is 1.37. The van der Waals surface area contributed by atoms with E-state index in [1.807, 2.05) is 45.2 Å². The Kier molecular flexibility index (Phi) is 3.63. The zero-order chi connectivity index (χ0) is 9.14. The maximum atomic E-state index is 10.5. The highest BCUT2D eigenvalue weighted by molar-refractivity contribution is 14.1. The summed E-state index contributed by atoms with van der Waals surface area (Å²) in [7, 11) is 0. The highest BCUT2D eigenvalue weighted by atomic mass is 127. The molecule has 0 aliphatic rings. The van der Waals surface area contributed by atoms with E-state index < -0.39 is 0 Å². The van der Waals surface area contributed by atoms with E-state index in [1.165, 1.54) is 0 Å². The number of halogens is 2. The van der Waals surface area contributed by atoms with Crippen molar-refractivity contribution in [2.75, 3.05) is 0 Å². The SMILES string of the molecule is O=Cc1cc(I)c(C=O)cc1I. The fourth-order valence-electron chi connectivity index (χ4n) is 0.758. The molecule has 1 aromatic carbocycles. The molecule has 12 heavy (non-hydrogen) atoms. The van der Waals surface area contributed by atoms with Gasteiger partial charge in [-0.05, 0) is 57.3 Å². The molecule has 0 heterocycles. The summed E-state index contributed by atoms with van der Waals surface area (Å²) in [5.74, 6) is 0. The summed E-state index contributed by atoms with van der Waals surface area (Å²) in [4.78, 5) is 21.0. The van der Waals surface area contributed by atoms with Crippen LogP contribution in [0.3, 0.4) is 0 Å². The average molecular weight is 386 g/mol. The second-order valence-corrected chi connectivity index (χ2v) is 4.46. The summed E-state index contributed by atoms with van der Waals surface area (Å²) >= 11 is 4.07. The van der Waals surface area contributed by atoms with Gasteiger partial charge < -0.3 is 0 Å². The van der Waals surface area contributed by atoms with Gasteiger partial charge in [-0.3, -0.25) is 9.59 Å². The van der Waals surface area contributed by atoms with Crippen molar-refractivity contribution in [1.29, 1.82) is 0 Å². The lowest BCUT2D eigenvalue weighted by atomic mass is 10.2. The standard InChI is InChI=1S/C8H4I2O2/c9-7-1-5(3-11)8(10)2-6(7)4-12/h1-4H. The van der Waals surface area contributed by atoms with Gasteiger partial charge >= 0.3 is 0 Å². The molecule has 0 amide bonds. The quantitative estimate of drug-likeness (QED) is 0.579. The lowest BCUT2D eigenvalue weighted by Crippen LogP contribution is -1.93. The number of benzene rings is 1. The molecule has 4 heteroatoms. The summed E-state index contributed by atoms with van der Waals surface area (Å²) in [6.07, 6.45) is 1.58. The number of aldehydes is 2. The van der Waals surface area contributed by atoms with E-state index in [1.54, 1.807) is 12.1 Å². The fraction of sp³-hybridized carbons (Fsp3) is 0. The summed E-state index contributed by atoms with van der Waals surface area (Å²) in [6.45, 7) is 0. The van der Waals surface area contributed by atoms with Crippen LogP contribution in [0.15, 0.2) is 12.1 Å². The van der Waals surface area contributed by atoms with Gasteiger partial charge in [-0.25, -0.2) is 0 Å². The highest BCUT2D eigenvalue weighted by Gasteiger charge is 2.04. The summed E-state index contributed by atoms with van der Waals surface area (Å²) < 4.78 is 1.62. The van der Waals surface area contributed by atoms with Gasteiger partial charge in [-0.2, -0.15) is 0 Å². The minimum Gasteiger partial charge on any atom is -0.298 e. The normalized spacial score (nSPS) is 9.50. The minimum atomic E-state index is 0.630. The van der Waals surface area contributed by atoms with E-state index >= 15 is 0 Å². The lowest BCUT2D eigenvalue weighted by molar-refractivity contribution is 0.111. The largest absolute Gasteiger partial charge is 0.298 e. The van der Waals surface area contributed by atoms with Gasteiger partial charge in [0.05, 0.1) is 0 Å². The van der Waals surface area contributed by atoms with Crippen LogP contribution in [-0.2, 0) is 0 Å². The van der Waals surface area contributed by atoms with Crippen LogP contribution in [0, 0.1) is 7.14 Å². The maximum absolute atomic E-state index is 10.5. The number of carbonyl (C=O) groups excluding carboxylic acids is 2. The Morgan fingerprint density at radius 1 is 0.917 bits per heavy atom. The molecule has 1 rings (SSSR count). The molecular formula is C8H4I2O2. The highest BCUT2D eigenvalue weighted by Crippen LogP contribution is 2.18. The molecule has 62 valence electrons. The first kappa shape index (κ1) is 10.1. The van der Waals surface area contributed by atoms with Gasteiger partial charge in [0.1, 0.15) is 0 Å². The molecule has 0 aromatic heterocycles. The van der Waals surface area contributed by atoms with Crippen LogP contribution >= 0.6 is 45.2 Å². The predicted molar refractivity (Wildman–Crippen MR) is 62.7 cm³/mol. The molecule has 0 saturated carbocycles. The molecule has 0 aliphatic carbocycles. The monoisotopic (exact) mass is 386 g/mol. The van der Waals surface area contributed by atoms with Crippen molar-refractivity contribution in [2.24, 2.45) is 0 Å². The van der Waals surface area contributed by atoms with Crippen LogP contribution in [0.4, 0.5) is 0 Å². The van der Waals surface area contributed by atoms with Crippen LogP contribution in [0.2, 0.25) is 0 Å². The Morgan fingerprint density at radius 3 is 1.50 bits per heavy atom. The predicted octanol–water partition coefficient (Wildman–Crippen LogP) is 2.52. The Labute approximate surface area is 97.0 Å². The zero-order valence-electron chi connectivity index (χ0n) is 5.88. The minimum absolute atomic E-state index is 0.630. The fourth-order valence-corrected chi connectivity index (χ4v) is 1.99. The third-order valence-corrected chi connectivity index (χ3v) is 3.24. The molecule has 0 saturated heterocycles. The van der Waals surface area contributed by atoms with Crippen molar-refractivity contribution < 1.29 is 9.59 Å². The summed E-state index contributed by atoms with van der Waals surface area (Å²) in [6, 6.07) is 3.41. The van der Waals surface area contributed by atoms with Gasteiger partial charge in [0, 0.05) is 18.3 Å². The van der Waals surface area contributed by atoms with E-state index in [0.29, 0.717) is 11.1 Å². The second kappa shape index (κ2) is 4.31. The molecule has 0 unspecified atom stereocenters. The average Bonchev–Trinajstić information content (AvgIpc) is 2.08. The molecule has 0 atom stereocenters. The molecule has 0 aliphatic heterocycles. The van der Waals surface area contributed by atoms with Crippen molar-refractivity contribution in [3.05, 3.63) is 30.4 Å². The Hall–Kier alpha value is 0.0200. The van der Waals surface area contributed by atoms with E-state index in [-0.39, 0.29) is 0 Å². The van der Waals surface area contributed by atoms with Crippen LogP contribution < -0.4 is 0 Å². The van der Waals surface area contributed by atoms with Crippen LogP contribution in [0.25, 0.3) is 0 Å². The van der Waals surface area contributed by atoms with E-state index in [9.17, 15) is 9.59 Å². The summed E-state index contributed by atoms with van der Waals surface area (Å²) in [5, 5.41) is 0. The van der Waals surface area contributed by atoms with Gasteiger partial charge in [0.25, 0.3) is 0 Å². The number of hydrogen-bond acceptors (Lipinski definition) is 2. The molecule has 1 aromatic rings.